The van der Waals surface area contributed by atoms with Crippen molar-refractivity contribution in [3.05, 3.63) is 0 Å². The highest BCUT2D eigenvalue weighted by Crippen LogP contribution is 2.16. The van der Waals surface area contributed by atoms with Crippen LogP contribution < -0.4 is 0 Å². The fraction of sp³-hybridized carbons (Fsp3) is 1.00. The van der Waals surface area contributed by atoms with Crippen LogP contribution in [0.1, 0.15) is 0 Å². The Balaban J connectivity index is 3.68. The van der Waals surface area contributed by atoms with E-state index in [9.17, 15) is 0 Å². The molecule has 0 aromatic carbocycles. The number of rotatable bonds is 6. The van der Waals surface area contributed by atoms with Crippen LogP contribution in [0.15, 0.2) is 0 Å². The highest BCUT2D eigenvalue weighted by Gasteiger charge is 2.24. The van der Waals surface area contributed by atoms with E-state index in [0.29, 0.717) is 6.23 Å². The summed E-state index contributed by atoms with van der Waals surface area (Å²) < 4.78 is 5.46. The van der Waals surface area contributed by atoms with Crippen LogP contribution in [-0.4, -0.2) is 45.6 Å². The van der Waals surface area contributed by atoms with Crippen LogP contribution in [0.2, 0.25) is 26.2 Å². The van der Waals surface area contributed by atoms with Gasteiger partial charge in [0.25, 0.3) is 0 Å². The lowest BCUT2D eigenvalue weighted by Crippen LogP contribution is -2.38. The lowest BCUT2D eigenvalue weighted by molar-refractivity contribution is 0.359. The van der Waals surface area contributed by atoms with E-state index in [1.165, 1.54) is 0 Å². The normalized spacial score (nSPS) is 13.4. The van der Waals surface area contributed by atoms with Gasteiger partial charge in [-0.2, -0.15) is 11.8 Å². The minimum atomic E-state index is -1.39. The third kappa shape index (κ3) is 6.73. The number of aliphatic hydroxyl groups is 1. The van der Waals surface area contributed by atoms with Crippen LogP contribution in [0.25, 0.3) is 0 Å². The summed E-state index contributed by atoms with van der Waals surface area (Å²) in [7, 11) is -0.884. The molecule has 1 N–H and O–H groups in total. The van der Waals surface area contributed by atoms with Gasteiger partial charge in [-0.05, 0) is 18.5 Å². The van der Waals surface area contributed by atoms with Crippen molar-refractivity contribution in [3.63, 3.8) is 0 Å². The first-order valence-electron chi connectivity index (χ1n) is 4.57. The molecule has 0 atom stereocenters. The molecule has 0 aliphatic heterocycles. The smallest absolute Gasteiger partial charge is 0.195 e. The third-order valence-corrected chi connectivity index (χ3v) is 11.4. The second-order valence-electron chi connectivity index (χ2n) is 4.78. The molecule has 0 spiro atoms. The SMILES string of the molecule is CO[Si](C)(C)CSC[Si](C)(C)CO. The molecule has 0 rings (SSSR count). The van der Waals surface area contributed by atoms with E-state index >= 15 is 0 Å². The molecule has 0 bridgehead atoms. The quantitative estimate of drug-likeness (QED) is 0.717. The Hall–Kier alpha value is 0.704. The van der Waals surface area contributed by atoms with E-state index < -0.39 is 16.4 Å². The molecule has 0 fully saturated rings. The summed E-state index contributed by atoms with van der Waals surface area (Å²) in [6, 6.07) is 0. The molecule has 80 valence electrons. The number of hydrogen-bond donors (Lipinski definition) is 1. The zero-order valence-electron chi connectivity index (χ0n) is 9.39. The molecule has 0 aliphatic carbocycles. The monoisotopic (exact) mass is 238 g/mol. The molecule has 0 amide bonds. The lowest BCUT2D eigenvalue weighted by Gasteiger charge is -2.23. The highest BCUT2D eigenvalue weighted by molar-refractivity contribution is 8.02. The van der Waals surface area contributed by atoms with E-state index in [-0.39, 0.29) is 0 Å². The molecule has 0 unspecified atom stereocenters. The van der Waals surface area contributed by atoms with Gasteiger partial charge in [0, 0.05) is 18.7 Å². The van der Waals surface area contributed by atoms with Crippen molar-refractivity contribution in [2.24, 2.45) is 0 Å². The maximum Gasteiger partial charge on any atom is 0.195 e. The summed E-state index contributed by atoms with van der Waals surface area (Å²) in [5.41, 5.74) is 0. The molecule has 0 aliphatic rings. The van der Waals surface area contributed by atoms with Crippen LogP contribution in [0.3, 0.4) is 0 Å². The Bertz CT molecular complexity index is 135. The van der Waals surface area contributed by atoms with Crippen molar-refractivity contribution in [1.29, 1.82) is 0 Å². The number of thioether (sulfide) groups is 1. The number of aliphatic hydroxyl groups excluding tert-OH is 1. The molecule has 0 radical (unpaired) electrons. The van der Waals surface area contributed by atoms with Gasteiger partial charge in [0.05, 0.1) is 8.07 Å². The minimum Gasteiger partial charge on any atom is -0.420 e. The zero-order chi connectivity index (χ0) is 10.5. The molecule has 0 aromatic rings. The van der Waals surface area contributed by atoms with Crippen molar-refractivity contribution in [2.45, 2.75) is 26.2 Å². The van der Waals surface area contributed by atoms with Gasteiger partial charge in [0.2, 0.25) is 0 Å². The predicted octanol–water partition coefficient (Wildman–Crippen LogP) is 1.89. The Morgan fingerprint density at radius 2 is 1.69 bits per heavy atom. The van der Waals surface area contributed by atoms with E-state index in [0.717, 1.165) is 10.8 Å². The van der Waals surface area contributed by atoms with Crippen molar-refractivity contribution in [1.82, 2.24) is 0 Å². The van der Waals surface area contributed by atoms with E-state index in [4.69, 9.17) is 9.53 Å². The maximum atomic E-state index is 9.11. The first-order valence-corrected chi connectivity index (χ1v) is 12.3. The predicted molar refractivity (Wildman–Crippen MR) is 66.4 cm³/mol. The van der Waals surface area contributed by atoms with Crippen LogP contribution >= 0.6 is 11.8 Å². The van der Waals surface area contributed by atoms with E-state index in [2.05, 4.69) is 26.2 Å². The second kappa shape index (κ2) is 5.55. The van der Waals surface area contributed by atoms with Gasteiger partial charge < -0.3 is 9.53 Å². The van der Waals surface area contributed by atoms with Gasteiger partial charge in [0.1, 0.15) is 0 Å². The van der Waals surface area contributed by atoms with E-state index in [1.54, 1.807) is 7.11 Å². The fourth-order valence-corrected chi connectivity index (χ4v) is 7.02. The van der Waals surface area contributed by atoms with Crippen molar-refractivity contribution in [2.75, 3.05) is 24.1 Å². The van der Waals surface area contributed by atoms with Crippen LogP contribution in [-0.2, 0) is 4.43 Å². The molecular weight excluding hydrogens is 216 g/mol. The number of hydrogen-bond acceptors (Lipinski definition) is 3. The van der Waals surface area contributed by atoms with Crippen LogP contribution in [0.5, 0.6) is 0 Å². The molecule has 0 saturated heterocycles. The van der Waals surface area contributed by atoms with E-state index in [1.807, 2.05) is 11.8 Å². The summed E-state index contributed by atoms with van der Waals surface area (Å²) in [5, 5.41) is 11.4. The molecule has 0 heterocycles. The summed E-state index contributed by atoms with van der Waals surface area (Å²) in [6.07, 6.45) is 0.398. The topological polar surface area (TPSA) is 29.5 Å². The summed E-state index contributed by atoms with van der Waals surface area (Å²) >= 11 is 1.95. The summed E-state index contributed by atoms with van der Waals surface area (Å²) in [4.78, 5) is 0. The highest BCUT2D eigenvalue weighted by atomic mass is 32.2. The fourth-order valence-electron chi connectivity index (χ4n) is 0.678. The standard InChI is InChI=1S/C8H22O2SSi2/c1-10-13(4,5)8-11-7-12(2,3)6-9/h9H,6-8H2,1-5H3. The average molecular weight is 239 g/mol. The minimum absolute atomic E-state index is 0.398. The summed E-state index contributed by atoms with van der Waals surface area (Å²) in [5.74, 6) is 0. The van der Waals surface area contributed by atoms with Crippen molar-refractivity contribution >= 4 is 28.2 Å². The lowest BCUT2D eigenvalue weighted by atomic mass is 11.7. The first-order chi connectivity index (χ1) is 5.83. The Labute approximate surface area is 88.2 Å². The van der Waals surface area contributed by atoms with Gasteiger partial charge in [-0.25, -0.2) is 0 Å². The second-order valence-corrected chi connectivity index (χ2v) is 16.1. The first kappa shape index (κ1) is 13.7. The molecule has 5 heteroatoms. The Morgan fingerprint density at radius 3 is 2.08 bits per heavy atom. The van der Waals surface area contributed by atoms with Gasteiger partial charge in [-0.15, -0.1) is 0 Å². The zero-order valence-corrected chi connectivity index (χ0v) is 12.2. The van der Waals surface area contributed by atoms with Gasteiger partial charge in [0.15, 0.2) is 8.32 Å². The molecule has 0 aromatic heterocycles. The van der Waals surface area contributed by atoms with Crippen molar-refractivity contribution < 1.29 is 9.53 Å². The van der Waals surface area contributed by atoms with Gasteiger partial charge in [-0.3, -0.25) is 0 Å². The summed E-state index contributed by atoms with van der Waals surface area (Å²) in [6.45, 7) is 8.91. The van der Waals surface area contributed by atoms with Gasteiger partial charge >= 0.3 is 0 Å². The Morgan fingerprint density at radius 1 is 1.15 bits per heavy atom. The largest absolute Gasteiger partial charge is 0.420 e. The van der Waals surface area contributed by atoms with Crippen LogP contribution in [0, 0.1) is 0 Å². The molecular formula is C8H22O2SSi2. The maximum absolute atomic E-state index is 9.11. The average Bonchev–Trinajstić information content (AvgIpc) is 2.04. The van der Waals surface area contributed by atoms with Crippen molar-refractivity contribution in [3.8, 4) is 0 Å². The molecule has 2 nitrogen and oxygen atoms in total. The van der Waals surface area contributed by atoms with Crippen LogP contribution in [0.4, 0.5) is 0 Å². The Kier molecular flexibility index (Phi) is 5.85. The molecule has 0 saturated carbocycles. The van der Waals surface area contributed by atoms with Gasteiger partial charge in [-0.1, -0.05) is 13.1 Å². The third-order valence-electron chi connectivity index (χ3n) is 1.92. The molecule has 13 heavy (non-hydrogen) atoms.